The second-order valence-corrected chi connectivity index (χ2v) is 4.70. The van der Waals surface area contributed by atoms with E-state index in [2.05, 4.69) is 16.7 Å². The van der Waals surface area contributed by atoms with E-state index in [4.69, 9.17) is 0 Å². The molecule has 0 aliphatic carbocycles. The number of carbonyl (C=O) groups excluding carboxylic acids is 1. The lowest BCUT2D eigenvalue weighted by molar-refractivity contribution is -0.384. The minimum absolute atomic E-state index is 0. The Hall–Kier alpha value is -1.92. The van der Waals surface area contributed by atoms with Gasteiger partial charge in [-0.2, -0.15) is 0 Å². The second-order valence-electron chi connectivity index (χ2n) is 4.70. The predicted molar refractivity (Wildman–Crippen MR) is 82.6 cm³/mol. The number of non-ortho nitro benzene ring substituents is 1. The Bertz CT molecular complexity index is 546. The molecule has 1 aliphatic heterocycles. The first-order valence-electron chi connectivity index (χ1n) is 6.54. The molecule has 0 unspecified atom stereocenters. The van der Waals surface area contributed by atoms with Gasteiger partial charge in [-0.15, -0.1) is 12.4 Å². The highest BCUT2D eigenvalue weighted by molar-refractivity contribution is 5.85. The van der Waals surface area contributed by atoms with Gasteiger partial charge in [0.15, 0.2) is 0 Å². The molecule has 114 valence electrons. The molecule has 0 bridgehead atoms. The number of halogens is 1. The normalized spacial score (nSPS) is 13.8. The van der Waals surface area contributed by atoms with Gasteiger partial charge in [0.2, 0.25) is 5.91 Å². The third kappa shape index (κ3) is 5.53. The third-order valence-electron chi connectivity index (χ3n) is 3.16. The van der Waals surface area contributed by atoms with E-state index in [1.54, 1.807) is 12.1 Å². The molecule has 1 heterocycles. The Morgan fingerprint density at radius 1 is 1.43 bits per heavy atom. The first kappa shape index (κ1) is 17.1. The number of nitrogens with one attached hydrogen (secondary N) is 2. The maximum Gasteiger partial charge on any atom is 0.269 e. The Kier molecular flexibility index (Phi) is 6.84. The van der Waals surface area contributed by atoms with Crippen molar-refractivity contribution < 1.29 is 9.72 Å². The molecule has 2 rings (SSSR count). The van der Waals surface area contributed by atoms with Gasteiger partial charge >= 0.3 is 0 Å². The highest BCUT2D eigenvalue weighted by atomic mass is 35.5. The van der Waals surface area contributed by atoms with Gasteiger partial charge in [0.05, 0.1) is 11.3 Å². The Labute approximate surface area is 129 Å². The summed E-state index contributed by atoms with van der Waals surface area (Å²) in [5, 5.41) is 16.7. The molecule has 0 fully saturated rings. The van der Waals surface area contributed by atoms with Crippen LogP contribution >= 0.6 is 12.4 Å². The van der Waals surface area contributed by atoms with Crippen molar-refractivity contribution >= 4 is 24.0 Å². The summed E-state index contributed by atoms with van der Waals surface area (Å²) in [5.41, 5.74) is 1.88. The quantitative estimate of drug-likeness (QED) is 0.491. The molecular formula is C14H18ClN3O3. The summed E-state index contributed by atoms with van der Waals surface area (Å²) in [5.74, 6) is -0.120. The maximum atomic E-state index is 11.8. The molecule has 0 radical (unpaired) electrons. The lowest BCUT2D eigenvalue weighted by Crippen LogP contribution is -2.30. The minimum Gasteiger partial charge on any atom is -0.352 e. The number of hydrogen-bond acceptors (Lipinski definition) is 4. The summed E-state index contributed by atoms with van der Waals surface area (Å²) >= 11 is 0. The van der Waals surface area contributed by atoms with Crippen LogP contribution in [0.2, 0.25) is 0 Å². The third-order valence-corrected chi connectivity index (χ3v) is 3.16. The predicted octanol–water partition coefficient (Wildman–Crippen LogP) is 1.59. The van der Waals surface area contributed by atoms with Gasteiger partial charge in [-0.05, 0) is 18.5 Å². The van der Waals surface area contributed by atoms with Crippen LogP contribution < -0.4 is 10.6 Å². The van der Waals surface area contributed by atoms with Crippen molar-refractivity contribution in [1.29, 1.82) is 0 Å². The van der Waals surface area contributed by atoms with Crippen molar-refractivity contribution in [1.82, 2.24) is 10.6 Å². The molecule has 0 aromatic heterocycles. The average Bonchev–Trinajstić information content (AvgIpc) is 2.46. The molecule has 21 heavy (non-hydrogen) atoms. The summed E-state index contributed by atoms with van der Waals surface area (Å²) in [7, 11) is 0. The molecule has 0 atom stereocenters. The molecular weight excluding hydrogens is 294 g/mol. The van der Waals surface area contributed by atoms with E-state index in [0.717, 1.165) is 19.5 Å². The zero-order valence-corrected chi connectivity index (χ0v) is 12.3. The summed E-state index contributed by atoms with van der Waals surface area (Å²) in [6, 6.07) is 6.16. The van der Waals surface area contributed by atoms with Crippen LogP contribution in [0.4, 0.5) is 5.69 Å². The SMILES string of the molecule is Cl.O=C(Cc1cccc([N+](=O)[O-])c1)NCC1=CCNCC1. The molecule has 7 heteroatoms. The Balaban J connectivity index is 0.00000220. The standard InChI is InChI=1S/C14H17N3O3.ClH/c18-14(16-10-11-4-6-15-7-5-11)9-12-2-1-3-13(8-12)17(19)20;/h1-4,8,15H,5-7,9-10H2,(H,16,18);1H. The van der Waals surface area contributed by atoms with Crippen molar-refractivity contribution in [2.45, 2.75) is 12.8 Å². The molecule has 1 amide bonds. The smallest absolute Gasteiger partial charge is 0.269 e. The van der Waals surface area contributed by atoms with Crippen LogP contribution in [-0.2, 0) is 11.2 Å². The Morgan fingerprint density at radius 3 is 2.90 bits per heavy atom. The lowest BCUT2D eigenvalue weighted by atomic mass is 10.1. The number of nitro groups is 1. The van der Waals surface area contributed by atoms with E-state index in [9.17, 15) is 14.9 Å². The van der Waals surface area contributed by atoms with Crippen molar-refractivity contribution in [2.75, 3.05) is 19.6 Å². The van der Waals surface area contributed by atoms with Crippen LogP contribution in [0.5, 0.6) is 0 Å². The van der Waals surface area contributed by atoms with E-state index in [1.165, 1.54) is 17.7 Å². The first-order valence-corrected chi connectivity index (χ1v) is 6.54. The first-order chi connectivity index (χ1) is 9.65. The molecule has 0 saturated heterocycles. The Morgan fingerprint density at radius 2 is 2.24 bits per heavy atom. The average molecular weight is 312 g/mol. The lowest BCUT2D eigenvalue weighted by Gasteiger charge is -2.14. The number of carbonyl (C=O) groups is 1. The van der Waals surface area contributed by atoms with Gasteiger partial charge in [0.1, 0.15) is 0 Å². The fourth-order valence-electron chi connectivity index (χ4n) is 2.07. The van der Waals surface area contributed by atoms with Crippen molar-refractivity contribution in [2.24, 2.45) is 0 Å². The fraction of sp³-hybridized carbons (Fsp3) is 0.357. The van der Waals surface area contributed by atoms with Crippen LogP contribution in [0.25, 0.3) is 0 Å². The van der Waals surface area contributed by atoms with E-state index >= 15 is 0 Å². The molecule has 6 nitrogen and oxygen atoms in total. The summed E-state index contributed by atoms with van der Waals surface area (Å²) < 4.78 is 0. The van der Waals surface area contributed by atoms with E-state index in [0.29, 0.717) is 12.1 Å². The summed E-state index contributed by atoms with van der Waals surface area (Å²) in [6.45, 7) is 2.33. The van der Waals surface area contributed by atoms with Gasteiger partial charge in [0.25, 0.3) is 5.69 Å². The number of amides is 1. The molecule has 1 aromatic rings. The van der Waals surface area contributed by atoms with E-state index in [1.807, 2.05) is 0 Å². The highest BCUT2D eigenvalue weighted by Gasteiger charge is 2.10. The van der Waals surface area contributed by atoms with Gasteiger partial charge < -0.3 is 10.6 Å². The summed E-state index contributed by atoms with van der Waals surface area (Å²) in [6.07, 6.45) is 3.18. The van der Waals surface area contributed by atoms with Crippen molar-refractivity contribution in [3.8, 4) is 0 Å². The molecule has 1 aromatic carbocycles. The van der Waals surface area contributed by atoms with E-state index in [-0.39, 0.29) is 30.4 Å². The molecule has 0 saturated carbocycles. The number of rotatable bonds is 5. The summed E-state index contributed by atoms with van der Waals surface area (Å²) in [4.78, 5) is 22.0. The van der Waals surface area contributed by atoms with Crippen molar-refractivity contribution in [3.63, 3.8) is 0 Å². The number of benzene rings is 1. The monoisotopic (exact) mass is 311 g/mol. The van der Waals surface area contributed by atoms with Crippen LogP contribution in [0.1, 0.15) is 12.0 Å². The second kappa shape index (κ2) is 8.39. The topological polar surface area (TPSA) is 84.3 Å². The van der Waals surface area contributed by atoms with Crippen LogP contribution in [0, 0.1) is 10.1 Å². The van der Waals surface area contributed by atoms with Crippen molar-refractivity contribution in [3.05, 3.63) is 51.6 Å². The van der Waals surface area contributed by atoms with Gasteiger partial charge in [-0.25, -0.2) is 0 Å². The van der Waals surface area contributed by atoms with Gasteiger partial charge in [-0.1, -0.05) is 23.8 Å². The minimum atomic E-state index is -0.457. The van der Waals surface area contributed by atoms with Crippen LogP contribution in [0.3, 0.4) is 0 Å². The largest absolute Gasteiger partial charge is 0.352 e. The fourth-order valence-corrected chi connectivity index (χ4v) is 2.07. The van der Waals surface area contributed by atoms with E-state index < -0.39 is 4.92 Å². The zero-order chi connectivity index (χ0) is 14.4. The molecule has 2 N–H and O–H groups in total. The van der Waals surface area contributed by atoms with Gasteiger partial charge in [-0.3, -0.25) is 14.9 Å². The zero-order valence-electron chi connectivity index (χ0n) is 11.5. The number of hydrogen-bond donors (Lipinski definition) is 2. The number of nitrogens with zero attached hydrogens (tertiary/aromatic N) is 1. The molecule has 0 spiro atoms. The van der Waals surface area contributed by atoms with Crippen LogP contribution in [0.15, 0.2) is 35.9 Å². The van der Waals surface area contributed by atoms with Gasteiger partial charge in [0, 0.05) is 25.2 Å². The maximum absolute atomic E-state index is 11.8. The number of nitro benzene ring substituents is 1. The van der Waals surface area contributed by atoms with Crippen LogP contribution in [-0.4, -0.2) is 30.5 Å². The highest BCUT2D eigenvalue weighted by Crippen LogP contribution is 2.13. The molecule has 1 aliphatic rings.